The van der Waals surface area contributed by atoms with E-state index in [-0.39, 0.29) is 17.5 Å². The second-order valence-electron chi connectivity index (χ2n) is 7.68. The molecule has 3 rings (SSSR count). The molecule has 3 aromatic carbocycles. The highest BCUT2D eigenvalue weighted by Gasteiger charge is 2.41. The number of allylic oxidation sites excluding steroid dienone is 1. The summed E-state index contributed by atoms with van der Waals surface area (Å²) in [5.41, 5.74) is 4.37. The first kappa shape index (κ1) is 24.8. The zero-order valence-electron chi connectivity index (χ0n) is 18.4. The molecule has 0 bridgehead atoms. The third-order valence-electron chi connectivity index (χ3n) is 5.32. The summed E-state index contributed by atoms with van der Waals surface area (Å²) in [5.74, 6) is -2.06. The number of carbonyl (C=O) groups excluding carboxylic acids is 1. The molecule has 0 aliphatic heterocycles. The van der Waals surface area contributed by atoms with Gasteiger partial charge in [0.05, 0.1) is 11.1 Å². The second-order valence-corrected chi connectivity index (χ2v) is 7.68. The maximum absolute atomic E-state index is 12.9. The Kier molecular flexibility index (Phi) is 7.56. The van der Waals surface area contributed by atoms with Crippen molar-refractivity contribution < 1.29 is 32.6 Å². The van der Waals surface area contributed by atoms with E-state index < -0.39 is 24.2 Å². The molecule has 0 heterocycles. The van der Waals surface area contributed by atoms with E-state index in [1.807, 2.05) is 18.2 Å². The number of rotatable bonds is 8. The van der Waals surface area contributed by atoms with Gasteiger partial charge in [-0.05, 0) is 64.9 Å². The average Bonchev–Trinajstić information content (AvgIpc) is 2.82. The van der Waals surface area contributed by atoms with E-state index in [2.05, 4.69) is 11.3 Å². The van der Waals surface area contributed by atoms with Gasteiger partial charge >= 0.3 is 18.1 Å². The molecule has 1 N–H and O–H groups in total. The monoisotopic (exact) mass is 468 g/mol. The van der Waals surface area contributed by atoms with Crippen molar-refractivity contribution in [3.63, 3.8) is 0 Å². The van der Waals surface area contributed by atoms with Crippen LogP contribution in [0.2, 0.25) is 0 Å². The topological polar surface area (TPSA) is 63.6 Å². The van der Waals surface area contributed by atoms with Crippen molar-refractivity contribution in [2.45, 2.75) is 32.0 Å². The van der Waals surface area contributed by atoms with Gasteiger partial charge in [0, 0.05) is 0 Å². The molecule has 7 heteroatoms. The second kappa shape index (κ2) is 10.4. The summed E-state index contributed by atoms with van der Waals surface area (Å²) in [6, 6.07) is 18.4. The lowest BCUT2D eigenvalue weighted by atomic mass is 9.91. The Morgan fingerprint density at radius 3 is 2.00 bits per heavy atom. The number of carboxylic acid groups (broad SMARTS) is 1. The first-order valence-corrected chi connectivity index (χ1v) is 10.6. The Labute approximate surface area is 195 Å². The molecule has 1 unspecified atom stereocenters. The number of halogens is 3. The van der Waals surface area contributed by atoms with Crippen LogP contribution in [0.1, 0.15) is 39.6 Å². The molecule has 1 atom stereocenters. The Bertz CT molecular complexity index is 1180. The van der Waals surface area contributed by atoms with Gasteiger partial charge in [-0.2, -0.15) is 13.2 Å². The van der Waals surface area contributed by atoms with Crippen LogP contribution in [0.4, 0.5) is 13.2 Å². The van der Waals surface area contributed by atoms with Crippen molar-refractivity contribution in [2.75, 3.05) is 0 Å². The Balaban J connectivity index is 1.96. The van der Waals surface area contributed by atoms with Crippen LogP contribution in [0.15, 0.2) is 79.4 Å². The third-order valence-corrected chi connectivity index (χ3v) is 5.32. The Morgan fingerprint density at radius 2 is 1.50 bits per heavy atom. The van der Waals surface area contributed by atoms with Gasteiger partial charge in [0.25, 0.3) is 0 Å². The predicted molar refractivity (Wildman–Crippen MR) is 124 cm³/mol. The lowest BCUT2D eigenvalue weighted by Crippen LogP contribution is -2.33. The van der Waals surface area contributed by atoms with Crippen LogP contribution in [0, 0.1) is 0 Å². The van der Waals surface area contributed by atoms with E-state index in [4.69, 9.17) is 5.11 Å². The maximum atomic E-state index is 12.9. The standard InChI is InChI=1S/C27H23F3O4/c1-3-5-17-6-15-22(18-7-11-20(12-8-18)25(31)32)23(16-17)19-9-13-21(14-10-19)26(33)34-24(4-2)27(28,29)30/h3,6-16,24H,1,4-5H2,2H3,(H,31,32). The van der Waals surface area contributed by atoms with Gasteiger partial charge in [-0.15, -0.1) is 6.58 Å². The summed E-state index contributed by atoms with van der Waals surface area (Å²) in [7, 11) is 0. The Morgan fingerprint density at radius 1 is 0.941 bits per heavy atom. The summed E-state index contributed by atoms with van der Waals surface area (Å²) < 4.78 is 43.5. The molecule has 0 amide bonds. The minimum absolute atomic E-state index is 0.0149. The lowest BCUT2D eigenvalue weighted by Gasteiger charge is -2.19. The summed E-state index contributed by atoms with van der Waals surface area (Å²) in [6.45, 7) is 5.06. The van der Waals surface area contributed by atoms with Crippen molar-refractivity contribution in [1.82, 2.24) is 0 Å². The van der Waals surface area contributed by atoms with Crippen molar-refractivity contribution in [2.24, 2.45) is 0 Å². The largest absolute Gasteiger partial charge is 0.478 e. The molecule has 0 spiro atoms. The van der Waals surface area contributed by atoms with Gasteiger partial charge in [-0.1, -0.05) is 55.5 Å². The van der Waals surface area contributed by atoms with E-state index in [0.717, 1.165) is 27.8 Å². The lowest BCUT2D eigenvalue weighted by molar-refractivity contribution is -0.204. The Hall–Kier alpha value is -3.87. The molecule has 0 aromatic heterocycles. The molecule has 176 valence electrons. The number of ether oxygens (including phenoxy) is 1. The quantitative estimate of drug-likeness (QED) is 0.287. The molecule has 0 aliphatic carbocycles. The fourth-order valence-electron chi connectivity index (χ4n) is 3.53. The molecule has 3 aromatic rings. The number of hydrogen-bond donors (Lipinski definition) is 1. The zero-order valence-corrected chi connectivity index (χ0v) is 18.4. The van der Waals surface area contributed by atoms with Crippen LogP contribution >= 0.6 is 0 Å². The van der Waals surface area contributed by atoms with E-state index >= 15 is 0 Å². The van der Waals surface area contributed by atoms with E-state index in [1.54, 1.807) is 30.3 Å². The van der Waals surface area contributed by atoms with Crippen LogP contribution < -0.4 is 0 Å². The van der Waals surface area contributed by atoms with Crippen LogP contribution in [0.3, 0.4) is 0 Å². The van der Waals surface area contributed by atoms with Gasteiger partial charge in [0.15, 0.2) is 6.10 Å². The molecule has 4 nitrogen and oxygen atoms in total. The number of aromatic carboxylic acids is 1. The van der Waals surface area contributed by atoms with E-state index in [0.29, 0.717) is 6.42 Å². The first-order chi connectivity index (χ1) is 16.1. The number of carboxylic acids is 1. The van der Waals surface area contributed by atoms with Crippen molar-refractivity contribution in [3.8, 4) is 22.3 Å². The van der Waals surface area contributed by atoms with Gasteiger partial charge in [0.2, 0.25) is 0 Å². The van der Waals surface area contributed by atoms with Gasteiger partial charge in [-0.25, -0.2) is 9.59 Å². The van der Waals surface area contributed by atoms with E-state index in [9.17, 15) is 22.8 Å². The molecule has 0 radical (unpaired) electrons. The average molecular weight is 468 g/mol. The summed E-state index contributed by atoms with van der Waals surface area (Å²) in [4.78, 5) is 23.4. The number of hydrogen-bond acceptors (Lipinski definition) is 3. The highest BCUT2D eigenvalue weighted by Crippen LogP contribution is 2.34. The molecule has 0 saturated carbocycles. The number of alkyl halides is 3. The highest BCUT2D eigenvalue weighted by molar-refractivity contribution is 5.92. The first-order valence-electron chi connectivity index (χ1n) is 10.6. The minimum Gasteiger partial charge on any atom is -0.478 e. The molecular formula is C27H23F3O4. The highest BCUT2D eigenvalue weighted by atomic mass is 19.4. The van der Waals surface area contributed by atoms with Gasteiger partial charge in [0.1, 0.15) is 0 Å². The van der Waals surface area contributed by atoms with Crippen LogP contribution in [-0.4, -0.2) is 29.3 Å². The van der Waals surface area contributed by atoms with Gasteiger partial charge in [-0.3, -0.25) is 0 Å². The number of carbonyl (C=O) groups is 2. The number of esters is 1. The SMILES string of the molecule is C=CCc1ccc(-c2ccc(C(=O)O)cc2)c(-c2ccc(C(=O)OC(CC)C(F)(F)F)cc2)c1. The number of benzene rings is 3. The maximum Gasteiger partial charge on any atom is 0.425 e. The minimum atomic E-state index is -4.62. The fraction of sp³-hybridized carbons (Fsp3) is 0.185. The molecule has 0 aliphatic rings. The van der Waals surface area contributed by atoms with E-state index in [1.165, 1.54) is 31.2 Å². The van der Waals surface area contributed by atoms with Gasteiger partial charge < -0.3 is 9.84 Å². The molecule has 0 fully saturated rings. The summed E-state index contributed by atoms with van der Waals surface area (Å²) in [6.07, 6.45) is -4.75. The third kappa shape index (κ3) is 5.73. The molecular weight excluding hydrogens is 445 g/mol. The van der Waals surface area contributed by atoms with Crippen LogP contribution in [0.25, 0.3) is 22.3 Å². The fourth-order valence-corrected chi connectivity index (χ4v) is 3.53. The summed E-state index contributed by atoms with van der Waals surface area (Å²) >= 11 is 0. The predicted octanol–water partition coefficient (Wildman–Crippen LogP) is 6.95. The summed E-state index contributed by atoms with van der Waals surface area (Å²) in [5, 5.41) is 9.15. The van der Waals surface area contributed by atoms with Crippen LogP contribution in [0.5, 0.6) is 0 Å². The van der Waals surface area contributed by atoms with Crippen LogP contribution in [-0.2, 0) is 11.2 Å². The zero-order chi connectivity index (χ0) is 24.9. The smallest absolute Gasteiger partial charge is 0.425 e. The molecule has 0 saturated heterocycles. The molecule has 34 heavy (non-hydrogen) atoms. The van der Waals surface area contributed by atoms with Crippen molar-refractivity contribution >= 4 is 11.9 Å². The van der Waals surface area contributed by atoms with Crippen molar-refractivity contribution in [1.29, 1.82) is 0 Å². The normalized spacial score (nSPS) is 12.1. The van der Waals surface area contributed by atoms with Crippen molar-refractivity contribution in [3.05, 3.63) is 96.1 Å².